The Bertz CT molecular complexity index is 937. The van der Waals surface area contributed by atoms with Gasteiger partial charge < -0.3 is 20.9 Å². The molecule has 6 nitrogen and oxygen atoms in total. The van der Waals surface area contributed by atoms with Crippen LogP contribution in [0.15, 0.2) is 30.4 Å². The highest BCUT2D eigenvalue weighted by molar-refractivity contribution is 5.91. The molecule has 4 rings (SSSR count). The van der Waals surface area contributed by atoms with Gasteiger partial charge in [0, 0.05) is 29.1 Å². The van der Waals surface area contributed by atoms with Gasteiger partial charge in [0.25, 0.3) is 0 Å². The van der Waals surface area contributed by atoms with Crippen LogP contribution in [0.2, 0.25) is 0 Å². The average Bonchev–Trinajstić information content (AvgIpc) is 2.93. The largest absolute Gasteiger partial charge is 0.459 e. The van der Waals surface area contributed by atoms with Crippen molar-refractivity contribution in [1.29, 1.82) is 0 Å². The van der Waals surface area contributed by atoms with Crippen LogP contribution < -0.4 is 11.5 Å². The van der Waals surface area contributed by atoms with Crippen molar-refractivity contribution >= 4 is 23.3 Å². The van der Waals surface area contributed by atoms with Crippen LogP contribution >= 0.6 is 0 Å². The number of esters is 2. The summed E-state index contributed by atoms with van der Waals surface area (Å²) < 4.78 is 10.8. The van der Waals surface area contributed by atoms with Crippen molar-refractivity contribution in [2.24, 2.45) is 29.6 Å². The van der Waals surface area contributed by atoms with E-state index in [9.17, 15) is 9.59 Å². The molecule has 210 valence electrons. The normalized spacial score (nSPS) is 30.1. The Balaban J connectivity index is 1.10. The maximum Gasteiger partial charge on any atom is 0.331 e. The molecule has 0 radical (unpaired) electrons. The fraction of sp³-hybridized carbons (Fsp3) is 0.688. The molecule has 3 aliphatic rings. The minimum atomic E-state index is -0.605. The number of anilines is 2. The Morgan fingerprint density at radius 3 is 1.87 bits per heavy atom. The second-order valence-electron chi connectivity index (χ2n) is 12.1. The lowest BCUT2D eigenvalue weighted by Gasteiger charge is -2.41. The number of carbonyl (C=O) groups is 2. The SMILES string of the molecule is CCCC1CCC(C2CCC(C3CCC(OC(=O)/C=C\C(=O)OCc4ccc(N)cc4N)CC3)CC2)CC1. The molecule has 6 heteroatoms. The van der Waals surface area contributed by atoms with E-state index in [1.165, 1.54) is 64.2 Å². The number of ether oxygens (including phenoxy) is 2. The smallest absolute Gasteiger partial charge is 0.331 e. The molecule has 0 saturated heterocycles. The van der Waals surface area contributed by atoms with Crippen LogP contribution in [0, 0.1) is 29.6 Å². The van der Waals surface area contributed by atoms with Crippen LogP contribution in [0.4, 0.5) is 11.4 Å². The van der Waals surface area contributed by atoms with E-state index in [2.05, 4.69) is 6.92 Å². The van der Waals surface area contributed by atoms with Crippen LogP contribution in [0.5, 0.6) is 0 Å². The van der Waals surface area contributed by atoms with Gasteiger partial charge in [0.1, 0.15) is 12.7 Å². The molecule has 0 bridgehead atoms. The Morgan fingerprint density at radius 1 is 0.789 bits per heavy atom. The van der Waals surface area contributed by atoms with Gasteiger partial charge >= 0.3 is 11.9 Å². The van der Waals surface area contributed by atoms with Crippen molar-refractivity contribution < 1.29 is 19.1 Å². The number of nitrogen functional groups attached to an aromatic ring is 2. The van der Waals surface area contributed by atoms with Gasteiger partial charge in [-0.05, 0) is 106 Å². The van der Waals surface area contributed by atoms with Crippen molar-refractivity contribution in [2.75, 3.05) is 11.5 Å². The van der Waals surface area contributed by atoms with E-state index in [-0.39, 0.29) is 12.7 Å². The molecule has 0 aliphatic heterocycles. The van der Waals surface area contributed by atoms with Gasteiger partial charge in [-0.25, -0.2) is 9.59 Å². The van der Waals surface area contributed by atoms with Crippen LogP contribution in [-0.2, 0) is 25.7 Å². The minimum Gasteiger partial charge on any atom is -0.459 e. The molecule has 38 heavy (non-hydrogen) atoms. The zero-order valence-electron chi connectivity index (χ0n) is 23.2. The molecule has 0 atom stereocenters. The maximum atomic E-state index is 12.3. The summed E-state index contributed by atoms with van der Waals surface area (Å²) in [7, 11) is 0. The van der Waals surface area contributed by atoms with E-state index in [1.807, 2.05) is 0 Å². The Morgan fingerprint density at radius 2 is 1.32 bits per heavy atom. The zero-order valence-corrected chi connectivity index (χ0v) is 23.2. The molecule has 3 saturated carbocycles. The fourth-order valence-corrected chi connectivity index (χ4v) is 7.40. The van der Waals surface area contributed by atoms with Crippen molar-refractivity contribution in [3.05, 3.63) is 35.9 Å². The van der Waals surface area contributed by atoms with Gasteiger partial charge in [0.2, 0.25) is 0 Å². The summed E-state index contributed by atoms with van der Waals surface area (Å²) in [6.07, 6.45) is 20.7. The number of hydrogen-bond donors (Lipinski definition) is 2. The first-order valence-corrected chi connectivity index (χ1v) is 15.1. The van der Waals surface area contributed by atoms with E-state index < -0.39 is 11.9 Å². The molecule has 0 spiro atoms. The zero-order chi connectivity index (χ0) is 26.9. The van der Waals surface area contributed by atoms with Crippen molar-refractivity contribution in [2.45, 2.75) is 110 Å². The standard InChI is InChI=1S/C32H48N2O4/c1-2-3-22-4-6-23(7-5-22)24-8-10-25(11-9-24)26-13-16-29(17-14-26)38-32(36)19-18-31(35)37-21-27-12-15-28(33)20-30(27)34/h12,15,18-20,22-26,29H,2-11,13-14,16-17,21,33-34H2,1H3/b19-18-. The van der Waals surface area contributed by atoms with Crippen LogP contribution in [0.25, 0.3) is 0 Å². The summed E-state index contributed by atoms with van der Waals surface area (Å²) in [5.41, 5.74) is 13.2. The number of nitrogens with two attached hydrogens (primary N) is 2. The fourth-order valence-electron chi connectivity index (χ4n) is 7.40. The Labute approximate surface area is 228 Å². The Kier molecular flexibility index (Phi) is 10.5. The molecule has 0 unspecified atom stereocenters. The maximum absolute atomic E-state index is 12.3. The van der Waals surface area contributed by atoms with Gasteiger partial charge in [0.05, 0.1) is 0 Å². The molecule has 4 N–H and O–H groups in total. The number of hydrogen-bond acceptors (Lipinski definition) is 6. The first-order chi connectivity index (χ1) is 18.4. The summed E-state index contributed by atoms with van der Waals surface area (Å²) in [6, 6.07) is 5.04. The van der Waals surface area contributed by atoms with Crippen molar-refractivity contribution in [3.8, 4) is 0 Å². The molecule has 3 aliphatic carbocycles. The predicted molar refractivity (Wildman–Crippen MR) is 152 cm³/mol. The number of rotatable bonds is 9. The summed E-state index contributed by atoms with van der Waals surface area (Å²) in [4.78, 5) is 24.2. The minimum absolute atomic E-state index is 0.0241. The summed E-state index contributed by atoms with van der Waals surface area (Å²) in [5.74, 6) is 3.50. The third kappa shape index (κ3) is 8.25. The molecule has 1 aromatic rings. The highest BCUT2D eigenvalue weighted by Crippen LogP contribution is 2.46. The monoisotopic (exact) mass is 524 g/mol. The van der Waals surface area contributed by atoms with Crippen LogP contribution in [0.1, 0.15) is 102 Å². The van der Waals surface area contributed by atoms with E-state index in [4.69, 9.17) is 20.9 Å². The van der Waals surface area contributed by atoms with Crippen molar-refractivity contribution in [3.63, 3.8) is 0 Å². The number of carbonyl (C=O) groups excluding carboxylic acids is 2. The lowest BCUT2D eigenvalue weighted by atomic mass is 9.65. The van der Waals surface area contributed by atoms with Crippen LogP contribution in [-0.4, -0.2) is 18.0 Å². The average molecular weight is 525 g/mol. The first kappa shape index (κ1) is 28.5. The van der Waals surface area contributed by atoms with E-state index in [0.717, 1.165) is 67.4 Å². The van der Waals surface area contributed by atoms with E-state index in [1.54, 1.807) is 18.2 Å². The molecule has 0 heterocycles. The lowest BCUT2D eigenvalue weighted by Crippen LogP contribution is -2.31. The highest BCUT2D eigenvalue weighted by atomic mass is 16.5. The molecule has 0 amide bonds. The second-order valence-corrected chi connectivity index (χ2v) is 12.1. The first-order valence-electron chi connectivity index (χ1n) is 15.1. The quantitative estimate of drug-likeness (QED) is 0.205. The third-order valence-corrected chi connectivity index (χ3v) is 9.64. The lowest BCUT2D eigenvalue weighted by molar-refractivity contribution is -0.146. The highest BCUT2D eigenvalue weighted by Gasteiger charge is 2.35. The molecule has 1 aromatic carbocycles. The van der Waals surface area contributed by atoms with Gasteiger partial charge in [0.15, 0.2) is 0 Å². The topological polar surface area (TPSA) is 105 Å². The molecular weight excluding hydrogens is 476 g/mol. The van der Waals surface area contributed by atoms with E-state index >= 15 is 0 Å². The molecule has 3 fully saturated rings. The second kappa shape index (κ2) is 14.0. The number of benzene rings is 1. The van der Waals surface area contributed by atoms with Crippen LogP contribution in [0.3, 0.4) is 0 Å². The summed E-state index contributed by atoms with van der Waals surface area (Å²) >= 11 is 0. The van der Waals surface area contributed by atoms with Gasteiger partial charge in [-0.2, -0.15) is 0 Å². The summed E-state index contributed by atoms with van der Waals surface area (Å²) in [6.45, 7) is 2.35. The summed E-state index contributed by atoms with van der Waals surface area (Å²) in [5, 5.41) is 0. The Hall–Kier alpha value is -2.50. The molecular formula is C32H48N2O4. The van der Waals surface area contributed by atoms with Crippen molar-refractivity contribution in [1.82, 2.24) is 0 Å². The predicted octanol–water partition coefficient (Wildman–Crippen LogP) is 6.97. The molecule has 0 aromatic heterocycles. The van der Waals surface area contributed by atoms with Gasteiger partial charge in [-0.3, -0.25) is 0 Å². The van der Waals surface area contributed by atoms with E-state index in [0.29, 0.717) is 16.9 Å². The van der Waals surface area contributed by atoms with Gasteiger partial charge in [-0.1, -0.05) is 38.7 Å². The van der Waals surface area contributed by atoms with Gasteiger partial charge in [-0.15, -0.1) is 0 Å². The third-order valence-electron chi connectivity index (χ3n) is 9.64.